The average Bonchev–Trinajstić information content (AvgIpc) is 3.54. The molecule has 13 nitrogen and oxygen atoms in total. The van der Waals surface area contributed by atoms with E-state index in [0.29, 0.717) is 23.9 Å². The fraction of sp³-hybridized carbons (Fsp3) is 0.568. The highest BCUT2D eigenvalue weighted by Crippen LogP contribution is 2.41. The smallest absolute Gasteiger partial charge is 0.457 e. The molecule has 2 fully saturated rings. The van der Waals surface area contributed by atoms with Gasteiger partial charge < -0.3 is 29.0 Å². The van der Waals surface area contributed by atoms with Crippen LogP contribution in [0.3, 0.4) is 0 Å². The number of amides is 2. The van der Waals surface area contributed by atoms with Crippen LogP contribution in [0.4, 0.5) is 18.0 Å². The number of azide groups is 1. The van der Waals surface area contributed by atoms with Crippen LogP contribution in [-0.2, 0) is 41.0 Å². The Hall–Kier alpha value is -4.60. The number of carbonyl (C=O) groups is 4. The van der Waals surface area contributed by atoms with Gasteiger partial charge in [0, 0.05) is 35.9 Å². The number of ketones is 1. The quantitative estimate of drug-likeness (QED) is 0.0572. The minimum absolute atomic E-state index is 0.123. The molecule has 2 aliphatic heterocycles. The van der Waals surface area contributed by atoms with E-state index in [1.54, 1.807) is 51.1 Å². The molecule has 3 atom stereocenters. The Kier molecular flexibility index (Phi) is 12.8. The van der Waals surface area contributed by atoms with Gasteiger partial charge in [-0.2, -0.15) is 13.2 Å². The first-order chi connectivity index (χ1) is 25.1. The van der Waals surface area contributed by atoms with E-state index in [9.17, 15) is 37.9 Å². The number of ether oxygens (including phenoxy) is 2. The molecular formula is C37H47BF3N5O8. The predicted molar refractivity (Wildman–Crippen MR) is 192 cm³/mol. The molecule has 2 aliphatic rings. The van der Waals surface area contributed by atoms with Crippen LogP contribution in [0.1, 0.15) is 82.8 Å². The molecule has 0 spiro atoms. The molecule has 0 bridgehead atoms. The summed E-state index contributed by atoms with van der Waals surface area (Å²) in [5.41, 5.74) is 5.38. The van der Waals surface area contributed by atoms with Gasteiger partial charge in [-0.25, -0.2) is 4.79 Å². The molecule has 0 saturated carbocycles. The number of esters is 1. The van der Waals surface area contributed by atoms with Crippen molar-refractivity contribution in [1.29, 1.82) is 0 Å². The highest BCUT2D eigenvalue weighted by atomic mass is 19.4. The predicted octanol–water partition coefficient (Wildman–Crippen LogP) is 6.95. The summed E-state index contributed by atoms with van der Waals surface area (Å²) < 4.78 is 62.9. The topological polar surface area (TPSA) is 169 Å². The van der Waals surface area contributed by atoms with E-state index in [1.807, 2.05) is 27.7 Å². The second kappa shape index (κ2) is 16.4. The van der Waals surface area contributed by atoms with E-state index in [2.05, 4.69) is 15.3 Å². The first kappa shape index (κ1) is 42.2. The monoisotopic (exact) mass is 757 g/mol. The Morgan fingerprint density at radius 1 is 1.02 bits per heavy atom. The first-order valence-electron chi connectivity index (χ1n) is 17.7. The number of hydrogen-bond acceptors (Lipinski definition) is 9. The van der Waals surface area contributed by atoms with Crippen molar-refractivity contribution in [1.82, 2.24) is 10.2 Å². The second-order valence-corrected chi connectivity index (χ2v) is 15.6. The van der Waals surface area contributed by atoms with E-state index in [-0.39, 0.29) is 19.4 Å². The van der Waals surface area contributed by atoms with Crippen LogP contribution in [0.15, 0.2) is 59.7 Å². The summed E-state index contributed by atoms with van der Waals surface area (Å²) in [6.45, 7) is 11.3. The fourth-order valence-electron chi connectivity index (χ4n) is 6.38. The zero-order valence-corrected chi connectivity index (χ0v) is 31.6. The van der Waals surface area contributed by atoms with Gasteiger partial charge in [0.1, 0.15) is 11.6 Å². The molecule has 54 heavy (non-hydrogen) atoms. The van der Waals surface area contributed by atoms with E-state index >= 15 is 0 Å². The van der Waals surface area contributed by atoms with Gasteiger partial charge >= 0.3 is 25.4 Å². The van der Waals surface area contributed by atoms with Crippen molar-refractivity contribution < 1.29 is 51.1 Å². The molecule has 1 N–H and O–H groups in total. The minimum atomic E-state index is -4.58. The standard InChI is InChI=1S/C37H47BF3N5O8/c1-33(2,3)52-32(50)43-28(20-24-15-17-26(18-16-24)37(39,40)41)30(48)46-21-27(14-11-19-38-53-34(4,5)35(6,7)54-38)36(23-46,44-45-42)31(49)51-22-29(47)25-12-9-8-10-13-25/h8-10,12-13,15-18,27-28H,11,14,19-23H2,1-7H3,(H,43,50)/t27-,28-,36-/m0/s1. The molecule has 0 unspecified atom stereocenters. The summed E-state index contributed by atoms with van der Waals surface area (Å²) in [6.07, 6.45) is -4.72. The highest BCUT2D eigenvalue weighted by molar-refractivity contribution is 6.45. The first-order valence-corrected chi connectivity index (χ1v) is 17.7. The van der Waals surface area contributed by atoms with Crippen LogP contribution >= 0.6 is 0 Å². The fourth-order valence-corrected chi connectivity index (χ4v) is 6.38. The second-order valence-electron chi connectivity index (χ2n) is 15.6. The largest absolute Gasteiger partial charge is 0.457 e. The number of rotatable bonds is 13. The van der Waals surface area contributed by atoms with Crippen LogP contribution < -0.4 is 5.32 Å². The molecule has 0 aromatic heterocycles. The molecule has 2 saturated heterocycles. The summed E-state index contributed by atoms with van der Waals surface area (Å²) in [4.78, 5) is 58.3. The number of alkyl halides is 3. The van der Waals surface area contributed by atoms with Gasteiger partial charge in [0.05, 0.1) is 16.8 Å². The number of likely N-dealkylation sites (tertiary alicyclic amines) is 1. The number of hydrogen-bond donors (Lipinski definition) is 1. The zero-order chi connectivity index (χ0) is 40.1. The molecule has 0 radical (unpaired) electrons. The maximum atomic E-state index is 14.3. The molecule has 4 rings (SSSR count). The van der Waals surface area contributed by atoms with E-state index in [1.165, 1.54) is 17.0 Å². The highest BCUT2D eigenvalue weighted by Gasteiger charge is 2.55. The lowest BCUT2D eigenvalue weighted by atomic mass is 9.78. The molecule has 2 heterocycles. The van der Waals surface area contributed by atoms with Crippen molar-refractivity contribution in [3.63, 3.8) is 0 Å². The average molecular weight is 758 g/mol. The minimum Gasteiger partial charge on any atom is -0.457 e. The lowest BCUT2D eigenvalue weighted by molar-refractivity contribution is -0.150. The van der Waals surface area contributed by atoms with Crippen molar-refractivity contribution >= 4 is 30.9 Å². The van der Waals surface area contributed by atoms with Gasteiger partial charge in [-0.3, -0.25) is 14.4 Å². The van der Waals surface area contributed by atoms with E-state index in [4.69, 9.17) is 18.8 Å². The number of nitrogens with zero attached hydrogens (tertiary/aromatic N) is 4. The zero-order valence-electron chi connectivity index (χ0n) is 31.6. The Balaban J connectivity index is 1.62. The molecule has 2 aromatic carbocycles. The van der Waals surface area contributed by atoms with Gasteiger partial charge in [0.15, 0.2) is 17.9 Å². The van der Waals surface area contributed by atoms with Gasteiger partial charge in [0.2, 0.25) is 5.91 Å². The Morgan fingerprint density at radius 2 is 1.63 bits per heavy atom. The number of carbonyl (C=O) groups excluding carboxylic acids is 4. The number of halogens is 3. The number of Topliss-reactive ketones (excluding diaryl/α,β-unsaturated/α-hetero) is 1. The Labute approximate surface area is 313 Å². The van der Waals surface area contributed by atoms with Crippen molar-refractivity contribution in [2.75, 3.05) is 19.7 Å². The van der Waals surface area contributed by atoms with Gasteiger partial charge in [-0.15, -0.1) is 0 Å². The van der Waals surface area contributed by atoms with Gasteiger partial charge in [-0.1, -0.05) is 54.0 Å². The maximum Gasteiger partial charge on any atom is 0.457 e. The summed E-state index contributed by atoms with van der Waals surface area (Å²) in [7, 11) is -0.565. The molecule has 2 amide bonds. The van der Waals surface area contributed by atoms with Crippen LogP contribution in [0.25, 0.3) is 10.4 Å². The summed E-state index contributed by atoms with van der Waals surface area (Å²) in [6, 6.07) is 10.9. The molecular weight excluding hydrogens is 710 g/mol. The molecule has 292 valence electrons. The number of alkyl carbamates (subject to hydrolysis) is 1. The van der Waals surface area contributed by atoms with Crippen molar-refractivity contribution in [3.05, 3.63) is 81.7 Å². The van der Waals surface area contributed by atoms with E-state index in [0.717, 1.165) is 12.1 Å². The Morgan fingerprint density at radius 3 is 2.19 bits per heavy atom. The SMILES string of the molecule is CC(C)(C)OC(=O)N[C@@H](Cc1ccc(C(F)(F)F)cc1)C(=O)N1C[C@H](CCCB2OC(C)(C)C(C)(C)O2)[C@](N=[N+]=[N-])(C(=O)OCC(=O)c2ccccc2)C1. The number of benzene rings is 2. The molecule has 2 aromatic rings. The summed E-state index contributed by atoms with van der Waals surface area (Å²) >= 11 is 0. The summed E-state index contributed by atoms with van der Waals surface area (Å²) in [5.74, 6) is -3.03. The summed E-state index contributed by atoms with van der Waals surface area (Å²) in [5, 5.41) is 6.45. The lowest BCUT2D eigenvalue weighted by Gasteiger charge is -2.32. The van der Waals surface area contributed by atoms with Gasteiger partial charge in [-0.05, 0) is 84.4 Å². The maximum absolute atomic E-state index is 14.3. The van der Waals surface area contributed by atoms with Crippen molar-refractivity contribution in [2.45, 2.75) is 109 Å². The van der Waals surface area contributed by atoms with Crippen LogP contribution in [0.5, 0.6) is 0 Å². The normalized spacial score (nSPS) is 21.2. The van der Waals surface area contributed by atoms with E-state index < -0.39 is 90.1 Å². The van der Waals surface area contributed by atoms with Gasteiger partial charge in [0.25, 0.3) is 0 Å². The van der Waals surface area contributed by atoms with Crippen LogP contribution in [-0.4, -0.2) is 83.9 Å². The van der Waals surface area contributed by atoms with Crippen LogP contribution in [0.2, 0.25) is 6.32 Å². The van der Waals surface area contributed by atoms with Crippen LogP contribution in [0, 0.1) is 5.92 Å². The lowest BCUT2D eigenvalue weighted by Crippen LogP contribution is -2.52. The third-order valence-electron chi connectivity index (χ3n) is 9.87. The molecule has 0 aliphatic carbocycles. The Bertz CT molecular complexity index is 1710. The van der Waals surface area contributed by atoms with Crippen molar-refractivity contribution in [2.24, 2.45) is 11.0 Å². The number of nitrogens with one attached hydrogen (secondary N) is 1. The third kappa shape index (κ3) is 10.3. The molecule has 17 heteroatoms. The van der Waals surface area contributed by atoms with Crippen molar-refractivity contribution in [3.8, 4) is 0 Å². The third-order valence-corrected chi connectivity index (χ3v) is 9.87.